The molecule has 0 N–H and O–H groups in total. The highest BCUT2D eigenvalue weighted by molar-refractivity contribution is 4.78. The van der Waals surface area contributed by atoms with Crippen molar-refractivity contribution >= 4 is 0 Å². The van der Waals surface area contributed by atoms with Crippen molar-refractivity contribution in [2.75, 3.05) is 13.6 Å². The normalized spacial score (nSPS) is 10.4. The molecule has 0 saturated heterocycles. The largest absolute Gasteiger partial charge is 0.291 e. The van der Waals surface area contributed by atoms with Crippen LogP contribution in [0.3, 0.4) is 0 Å². The highest BCUT2D eigenvalue weighted by atomic mass is 15.1. The fourth-order valence-corrected chi connectivity index (χ4v) is 1.15. The molecule has 0 aromatic heterocycles. The van der Waals surface area contributed by atoms with Crippen LogP contribution in [0.5, 0.6) is 0 Å². The lowest BCUT2D eigenvalue weighted by Gasteiger charge is -2.22. The van der Waals surface area contributed by atoms with Gasteiger partial charge in [-0.3, -0.25) is 4.90 Å². The molecule has 0 unspecified atom stereocenters. The van der Waals surface area contributed by atoms with Gasteiger partial charge in [0.2, 0.25) is 0 Å². The van der Waals surface area contributed by atoms with Gasteiger partial charge in [0, 0.05) is 6.04 Å². The minimum Gasteiger partial charge on any atom is -0.291 e. The molecule has 0 saturated carbocycles. The lowest BCUT2D eigenvalue weighted by atomic mass is 10.1. The summed E-state index contributed by atoms with van der Waals surface area (Å²) in [4.78, 5) is 2.10. The van der Waals surface area contributed by atoms with Gasteiger partial charge in [0.05, 0.1) is 12.6 Å². The van der Waals surface area contributed by atoms with Crippen LogP contribution in [0.25, 0.3) is 0 Å². The molecule has 0 radical (unpaired) electrons. The zero-order valence-corrected chi connectivity index (χ0v) is 7.09. The molecule has 0 spiro atoms. The molecule has 0 aromatic rings. The standard InChI is InChI=1S/C8H16N2/c1-4-8(5-2)10(3)7-6-9/h8H,4-5,7H2,1-3H3. The van der Waals surface area contributed by atoms with Gasteiger partial charge in [0.25, 0.3) is 0 Å². The molecule has 58 valence electrons. The van der Waals surface area contributed by atoms with Crippen LogP contribution in [0.2, 0.25) is 0 Å². The van der Waals surface area contributed by atoms with Gasteiger partial charge in [-0.05, 0) is 19.9 Å². The lowest BCUT2D eigenvalue weighted by molar-refractivity contribution is 0.255. The number of hydrogen-bond donors (Lipinski definition) is 0. The van der Waals surface area contributed by atoms with Crippen molar-refractivity contribution in [1.29, 1.82) is 5.26 Å². The predicted octanol–water partition coefficient (Wildman–Crippen LogP) is 1.63. The molecule has 0 bridgehead atoms. The van der Waals surface area contributed by atoms with Crippen LogP contribution in [0.15, 0.2) is 0 Å². The Morgan fingerprint density at radius 1 is 1.40 bits per heavy atom. The average Bonchev–Trinajstić information content (AvgIpc) is 1.91. The molecule has 0 aliphatic rings. The van der Waals surface area contributed by atoms with Crippen LogP contribution in [0, 0.1) is 11.3 Å². The van der Waals surface area contributed by atoms with Gasteiger partial charge in [-0.25, -0.2) is 0 Å². The van der Waals surface area contributed by atoms with E-state index in [0.29, 0.717) is 12.6 Å². The van der Waals surface area contributed by atoms with E-state index in [4.69, 9.17) is 5.26 Å². The van der Waals surface area contributed by atoms with Crippen LogP contribution in [0.4, 0.5) is 0 Å². The second-order valence-electron chi connectivity index (χ2n) is 2.54. The molecule has 2 nitrogen and oxygen atoms in total. The molecule has 0 atom stereocenters. The summed E-state index contributed by atoms with van der Waals surface area (Å²) in [6.45, 7) is 4.86. The Bertz CT molecular complexity index is 111. The lowest BCUT2D eigenvalue weighted by Crippen LogP contribution is -2.30. The van der Waals surface area contributed by atoms with Crippen LogP contribution in [-0.2, 0) is 0 Å². The van der Waals surface area contributed by atoms with E-state index < -0.39 is 0 Å². The molecule has 0 amide bonds. The summed E-state index contributed by atoms with van der Waals surface area (Å²) in [6.07, 6.45) is 2.27. The number of nitriles is 1. The van der Waals surface area contributed by atoms with Crippen LogP contribution in [-0.4, -0.2) is 24.5 Å². The van der Waals surface area contributed by atoms with Crippen molar-refractivity contribution < 1.29 is 0 Å². The van der Waals surface area contributed by atoms with Crippen molar-refractivity contribution in [2.24, 2.45) is 0 Å². The third kappa shape index (κ3) is 2.84. The summed E-state index contributed by atoms with van der Waals surface area (Å²) in [5.74, 6) is 0. The Hall–Kier alpha value is -0.550. The Kier molecular flexibility index (Phi) is 4.96. The average molecular weight is 140 g/mol. The second kappa shape index (κ2) is 5.25. The molecule has 0 aromatic carbocycles. The topological polar surface area (TPSA) is 27.0 Å². The molecule has 2 heteroatoms. The first kappa shape index (κ1) is 9.45. The first-order valence-corrected chi connectivity index (χ1v) is 3.83. The van der Waals surface area contributed by atoms with E-state index in [2.05, 4.69) is 24.8 Å². The maximum atomic E-state index is 8.38. The molecule has 0 fully saturated rings. The fourth-order valence-electron chi connectivity index (χ4n) is 1.15. The summed E-state index contributed by atoms with van der Waals surface area (Å²) in [6, 6.07) is 2.73. The third-order valence-electron chi connectivity index (χ3n) is 1.89. The van der Waals surface area contributed by atoms with E-state index in [1.54, 1.807) is 0 Å². The predicted molar refractivity (Wildman–Crippen MR) is 42.6 cm³/mol. The van der Waals surface area contributed by atoms with E-state index in [-0.39, 0.29) is 0 Å². The van der Waals surface area contributed by atoms with Gasteiger partial charge in [-0.15, -0.1) is 0 Å². The SMILES string of the molecule is CCC(CC)N(C)CC#N. The van der Waals surface area contributed by atoms with Crippen molar-refractivity contribution in [3.05, 3.63) is 0 Å². The Morgan fingerprint density at radius 2 is 1.90 bits per heavy atom. The summed E-state index contributed by atoms with van der Waals surface area (Å²) in [5, 5.41) is 8.38. The fraction of sp³-hybridized carbons (Fsp3) is 0.875. The quantitative estimate of drug-likeness (QED) is 0.555. The molecule has 0 aliphatic heterocycles. The third-order valence-corrected chi connectivity index (χ3v) is 1.89. The van der Waals surface area contributed by atoms with Gasteiger partial charge in [0.1, 0.15) is 0 Å². The first-order valence-electron chi connectivity index (χ1n) is 3.83. The van der Waals surface area contributed by atoms with Crippen LogP contribution >= 0.6 is 0 Å². The molecule has 0 heterocycles. The maximum Gasteiger partial charge on any atom is 0.0865 e. The summed E-state index contributed by atoms with van der Waals surface area (Å²) < 4.78 is 0. The summed E-state index contributed by atoms with van der Waals surface area (Å²) in [5.41, 5.74) is 0. The Morgan fingerprint density at radius 3 is 2.20 bits per heavy atom. The summed E-state index contributed by atoms with van der Waals surface area (Å²) in [7, 11) is 2.00. The van der Waals surface area contributed by atoms with E-state index in [9.17, 15) is 0 Å². The van der Waals surface area contributed by atoms with Crippen LogP contribution in [0.1, 0.15) is 26.7 Å². The molecule has 0 rings (SSSR count). The van der Waals surface area contributed by atoms with Crippen LogP contribution < -0.4 is 0 Å². The number of hydrogen-bond acceptors (Lipinski definition) is 2. The van der Waals surface area contributed by atoms with Gasteiger partial charge in [-0.2, -0.15) is 5.26 Å². The minimum atomic E-state index is 0.548. The minimum absolute atomic E-state index is 0.548. The monoisotopic (exact) mass is 140 g/mol. The van der Waals surface area contributed by atoms with Gasteiger partial charge in [0.15, 0.2) is 0 Å². The second-order valence-corrected chi connectivity index (χ2v) is 2.54. The zero-order valence-electron chi connectivity index (χ0n) is 7.09. The first-order chi connectivity index (χ1) is 4.76. The van der Waals surface area contributed by atoms with Crippen molar-refractivity contribution in [3.8, 4) is 6.07 Å². The summed E-state index contributed by atoms with van der Waals surface area (Å²) >= 11 is 0. The Balaban J connectivity index is 3.66. The van der Waals surface area contributed by atoms with Gasteiger partial charge < -0.3 is 0 Å². The molecule has 10 heavy (non-hydrogen) atoms. The number of rotatable bonds is 4. The highest BCUT2D eigenvalue weighted by Gasteiger charge is 2.07. The maximum absolute atomic E-state index is 8.38. The highest BCUT2D eigenvalue weighted by Crippen LogP contribution is 2.04. The van der Waals surface area contributed by atoms with Crippen molar-refractivity contribution in [1.82, 2.24) is 4.90 Å². The van der Waals surface area contributed by atoms with E-state index in [1.807, 2.05) is 7.05 Å². The molecular weight excluding hydrogens is 124 g/mol. The van der Waals surface area contributed by atoms with E-state index in [1.165, 1.54) is 0 Å². The zero-order chi connectivity index (χ0) is 7.98. The smallest absolute Gasteiger partial charge is 0.0865 e. The molecular formula is C8H16N2. The molecule has 0 aliphatic carbocycles. The van der Waals surface area contributed by atoms with Crippen molar-refractivity contribution in [2.45, 2.75) is 32.7 Å². The number of nitrogens with zero attached hydrogens (tertiary/aromatic N) is 2. The van der Waals surface area contributed by atoms with E-state index in [0.717, 1.165) is 12.8 Å². The van der Waals surface area contributed by atoms with Gasteiger partial charge in [-0.1, -0.05) is 13.8 Å². The van der Waals surface area contributed by atoms with E-state index >= 15 is 0 Å². The Labute approximate surface area is 63.4 Å². The van der Waals surface area contributed by atoms with Crippen molar-refractivity contribution in [3.63, 3.8) is 0 Å². The van der Waals surface area contributed by atoms with Gasteiger partial charge >= 0.3 is 0 Å².